The number of nitrogens with zero attached hydrogens (tertiary/aromatic N) is 3. The van der Waals surface area contributed by atoms with Crippen molar-refractivity contribution in [2.24, 2.45) is 0 Å². The van der Waals surface area contributed by atoms with Gasteiger partial charge in [-0.25, -0.2) is 4.79 Å². The molecule has 0 fully saturated rings. The molecule has 24 heavy (non-hydrogen) atoms. The number of aryl methyl sites for hydroxylation is 1. The molecule has 1 rings (SSSR count). The summed E-state index contributed by atoms with van der Waals surface area (Å²) in [6.45, 7) is 3.08. The summed E-state index contributed by atoms with van der Waals surface area (Å²) in [4.78, 5) is 11.5. The van der Waals surface area contributed by atoms with E-state index in [2.05, 4.69) is 14.5 Å². The molecule has 0 spiro atoms. The van der Waals surface area contributed by atoms with Crippen molar-refractivity contribution < 1.29 is 22.1 Å². The van der Waals surface area contributed by atoms with Crippen LogP contribution in [0.25, 0.3) is 0 Å². The van der Waals surface area contributed by atoms with Gasteiger partial charge in [-0.3, -0.25) is 8.86 Å². The van der Waals surface area contributed by atoms with E-state index in [1.165, 1.54) is 0 Å². The van der Waals surface area contributed by atoms with Gasteiger partial charge >= 0.3 is 5.97 Å². The molecule has 0 saturated heterocycles. The van der Waals surface area contributed by atoms with Crippen LogP contribution in [0.15, 0.2) is 6.20 Å². The lowest BCUT2D eigenvalue weighted by atomic mass is 10.1. The normalized spacial score (nSPS) is 11.6. The standard InChI is InChI=1S/C15H27N3O5S/c1-3-22-15(19)14-13-18(17-16-14)11-9-7-5-4-6-8-10-12-23-24(2,20)21/h13H,3-12H2,1-2H3. The Bertz CT molecular complexity index is 586. The van der Waals surface area contributed by atoms with E-state index in [1.54, 1.807) is 17.8 Å². The summed E-state index contributed by atoms with van der Waals surface area (Å²) in [6, 6.07) is 0. The lowest BCUT2D eigenvalue weighted by molar-refractivity contribution is 0.0519. The number of carbonyl (C=O) groups excluding carboxylic acids is 1. The maximum absolute atomic E-state index is 11.5. The first-order chi connectivity index (χ1) is 11.4. The van der Waals surface area contributed by atoms with Crippen LogP contribution in [0, 0.1) is 0 Å². The number of rotatable bonds is 13. The van der Waals surface area contributed by atoms with Gasteiger partial charge in [-0.05, 0) is 19.8 Å². The predicted molar refractivity (Wildman–Crippen MR) is 89.1 cm³/mol. The number of esters is 1. The van der Waals surface area contributed by atoms with Gasteiger partial charge in [0.1, 0.15) is 0 Å². The summed E-state index contributed by atoms with van der Waals surface area (Å²) in [6.07, 6.45) is 9.78. The fraction of sp³-hybridized carbons (Fsp3) is 0.800. The molecule has 0 aliphatic rings. The Morgan fingerprint density at radius 1 is 1.12 bits per heavy atom. The van der Waals surface area contributed by atoms with E-state index in [4.69, 9.17) is 4.74 Å². The molecule has 0 aliphatic carbocycles. The predicted octanol–water partition coefficient (Wildman–Crippen LogP) is 2.16. The molecule has 1 heterocycles. The van der Waals surface area contributed by atoms with Gasteiger partial charge in [0.15, 0.2) is 5.69 Å². The third-order valence-electron chi connectivity index (χ3n) is 3.35. The minimum Gasteiger partial charge on any atom is -0.461 e. The minimum absolute atomic E-state index is 0.244. The Morgan fingerprint density at radius 2 is 1.75 bits per heavy atom. The number of hydrogen-bond acceptors (Lipinski definition) is 7. The first-order valence-corrected chi connectivity index (χ1v) is 10.2. The van der Waals surface area contributed by atoms with Crippen LogP contribution in [0.3, 0.4) is 0 Å². The molecule has 0 saturated carbocycles. The van der Waals surface area contributed by atoms with Crippen molar-refractivity contribution in [3.63, 3.8) is 0 Å². The molecular weight excluding hydrogens is 334 g/mol. The van der Waals surface area contributed by atoms with Gasteiger partial charge in [-0.15, -0.1) is 5.10 Å². The molecule has 0 aromatic carbocycles. The maximum atomic E-state index is 11.5. The van der Waals surface area contributed by atoms with Crippen LogP contribution in [0.2, 0.25) is 0 Å². The highest BCUT2D eigenvalue weighted by Gasteiger charge is 2.10. The summed E-state index contributed by atoms with van der Waals surface area (Å²) < 4.78 is 32.7. The highest BCUT2D eigenvalue weighted by molar-refractivity contribution is 7.85. The van der Waals surface area contributed by atoms with Crippen molar-refractivity contribution in [3.8, 4) is 0 Å². The zero-order valence-corrected chi connectivity index (χ0v) is 15.3. The van der Waals surface area contributed by atoms with Gasteiger partial charge in [0, 0.05) is 6.54 Å². The Labute approximate surface area is 143 Å². The first kappa shape index (κ1) is 20.6. The molecule has 0 N–H and O–H groups in total. The summed E-state index contributed by atoms with van der Waals surface area (Å²) in [5.74, 6) is -0.441. The van der Waals surface area contributed by atoms with Crippen LogP contribution in [-0.4, -0.2) is 48.9 Å². The Hall–Kier alpha value is -1.48. The third kappa shape index (κ3) is 9.61. The number of aromatic nitrogens is 3. The fourth-order valence-corrected chi connectivity index (χ4v) is 2.60. The zero-order valence-electron chi connectivity index (χ0n) is 14.4. The Balaban J connectivity index is 2.00. The summed E-state index contributed by atoms with van der Waals surface area (Å²) in [7, 11) is -3.30. The number of unbranched alkanes of at least 4 members (excludes halogenated alkanes) is 6. The number of ether oxygens (including phenoxy) is 1. The quantitative estimate of drug-likeness (QED) is 0.301. The number of hydrogen-bond donors (Lipinski definition) is 0. The van der Waals surface area contributed by atoms with Gasteiger partial charge < -0.3 is 4.74 Å². The van der Waals surface area contributed by atoms with Gasteiger partial charge in [0.05, 0.1) is 25.7 Å². The van der Waals surface area contributed by atoms with Gasteiger partial charge in [0.25, 0.3) is 10.1 Å². The Kier molecular flexibility index (Phi) is 9.55. The Morgan fingerprint density at radius 3 is 2.38 bits per heavy atom. The molecule has 0 bridgehead atoms. The average Bonchev–Trinajstić information content (AvgIpc) is 2.97. The van der Waals surface area contributed by atoms with E-state index in [0.29, 0.717) is 6.61 Å². The molecule has 9 heteroatoms. The highest BCUT2D eigenvalue weighted by atomic mass is 32.2. The van der Waals surface area contributed by atoms with E-state index < -0.39 is 16.1 Å². The molecular formula is C15H27N3O5S. The summed E-state index contributed by atoms with van der Waals surface area (Å²) in [5, 5.41) is 7.70. The molecule has 1 aromatic heterocycles. The average molecular weight is 361 g/mol. The van der Waals surface area contributed by atoms with Crippen LogP contribution >= 0.6 is 0 Å². The van der Waals surface area contributed by atoms with Gasteiger partial charge in [-0.2, -0.15) is 8.42 Å². The van der Waals surface area contributed by atoms with Crippen LogP contribution in [0.5, 0.6) is 0 Å². The van der Waals surface area contributed by atoms with Gasteiger partial charge in [0.2, 0.25) is 0 Å². The molecule has 0 amide bonds. The van der Waals surface area contributed by atoms with Gasteiger partial charge in [-0.1, -0.05) is 37.3 Å². The second kappa shape index (κ2) is 11.1. The minimum atomic E-state index is -3.30. The number of carbonyl (C=O) groups is 1. The van der Waals surface area contributed by atoms with Crippen molar-refractivity contribution >= 4 is 16.1 Å². The lowest BCUT2D eigenvalue weighted by Gasteiger charge is -2.03. The molecule has 0 atom stereocenters. The summed E-state index contributed by atoms with van der Waals surface area (Å²) >= 11 is 0. The SMILES string of the molecule is CCOC(=O)c1cn(CCCCCCCCCOS(C)(=O)=O)nn1. The molecule has 138 valence electrons. The van der Waals surface area contributed by atoms with Crippen molar-refractivity contribution in [1.82, 2.24) is 15.0 Å². The fourth-order valence-electron chi connectivity index (χ4n) is 2.18. The van der Waals surface area contributed by atoms with Crippen LogP contribution in [0.1, 0.15) is 62.4 Å². The smallest absolute Gasteiger partial charge is 0.360 e. The third-order valence-corrected chi connectivity index (χ3v) is 3.95. The monoisotopic (exact) mass is 361 g/mol. The molecule has 0 aliphatic heterocycles. The van der Waals surface area contributed by atoms with Crippen molar-refractivity contribution in [3.05, 3.63) is 11.9 Å². The van der Waals surface area contributed by atoms with E-state index in [-0.39, 0.29) is 12.3 Å². The second-order valence-corrected chi connectivity index (χ2v) is 7.23. The van der Waals surface area contributed by atoms with E-state index >= 15 is 0 Å². The topological polar surface area (TPSA) is 100 Å². The van der Waals surface area contributed by atoms with E-state index in [1.807, 2.05) is 0 Å². The first-order valence-electron chi connectivity index (χ1n) is 8.34. The summed E-state index contributed by atoms with van der Waals surface area (Å²) in [5.41, 5.74) is 0.244. The second-order valence-electron chi connectivity index (χ2n) is 5.59. The molecule has 1 aromatic rings. The van der Waals surface area contributed by atoms with E-state index in [0.717, 1.165) is 57.7 Å². The molecule has 0 unspecified atom stereocenters. The van der Waals surface area contributed by atoms with Crippen LogP contribution < -0.4 is 0 Å². The van der Waals surface area contributed by atoms with Crippen LogP contribution in [0.4, 0.5) is 0 Å². The largest absolute Gasteiger partial charge is 0.461 e. The van der Waals surface area contributed by atoms with Crippen LogP contribution in [-0.2, 0) is 25.6 Å². The highest BCUT2D eigenvalue weighted by Crippen LogP contribution is 2.08. The molecule has 8 nitrogen and oxygen atoms in total. The maximum Gasteiger partial charge on any atom is 0.360 e. The lowest BCUT2D eigenvalue weighted by Crippen LogP contribution is -2.04. The van der Waals surface area contributed by atoms with Crippen molar-refractivity contribution in [2.75, 3.05) is 19.5 Å². The van der Waals surface area contributed by atoms with E-state index in [9.17, 15) is 13.2 Å². The van der Waals surface area contributed by atoms with Crippen molar-refractivity contribution in [1.29, 1.82) is 0 Å². The molecule has 0 radical (unpaired) electrons. The zero-order chi connectivity index (χ0) is 17.8. The van der Waals surface area contributed by atoms with Crippen molar-refractivity contribution in [2.45, 2.75) is 58.4 Å².